The molecule has 0 saturated heterocycles. The molecular weight excluding hydrogens is 326 g/mol. The first kappa shape index (κ1) is 14.4. The number of nitrogens with one attached hydrogen (secondary N) is 1. The van der Waals surface area contributed by atoms with Gasteiger partial charge >= 0.3 is 0 Å². The lowest BCUT2D eigenvalue weighted by Crippen LogP contribution is -2.08. The third-order valence-corrected chi connectivity index (χ3v) is 3.74. The highest BCUT2D eigenvalue weighted by molar-refractivity contribution is 9.10. The van der Waals surface area contributed by atoms with Crippen LogP contribution in [0.1, 0.15) is 11.1 Å². The van der Waals surface area contributed by atoms with Gasteiger partial charge in [-0.2, -0.15) is 0 Å². The van der Waals surface area contributed by atoms with Crippen LogP contribution in [0.4, 0.5) is 0 Å². The first-order chi connectivity index (χ1) is 9.22. The Morgan fingerprint density at radius 2 is 1.84 bits per heavy atom. The quantitative estimate of drug-likeness (QED) is 0.871. The zero-order valence-electron chi connectivity index (χ0n) is 10.6. The Morgan fingerprint density at radius 1 is 1.11 bits per heavy atom. The first-order valence-electron chi connectivity index (χ1n) is 6.00. The molecule has 2 aromatic rings. The third kappa shape index (κ3) is 3.72. The second kappa shape index (κ2) is 6.94. The van der Waals surface area contributed by atoms with E-state index in [-0.39, 0.29) is 0 Å². The molecule has 19 heavy (non-hydrogen) atoms. The molecule has 2 nitrogen and oxygen atoms in total. The topological polar surface area (TPSA) is 21.3 Å². The van der Waals surface area contributed by atoms with Crippen LogP contribution in [0.5, 0.6) is 5.75 Å². The van der Waals surface area contributed by atoms with E-state index in [9.17, 15) is 0 Å². The maximum absolute atomic E-state index is 6.13. The average Bonchev–Trinajstić information content (AvgIpc) is 2.40. The number of hydrogen-bond donors (Lipinski definition) is 1. The fraction of sp³-hybridized carbons (Fsp3) is 0.200. The van der Waals surface area contributed by atoms with Gasteiger partial charge in [-0.15, -0.1) is 0 Å². The summed E-state index contributed by atoms with van der Waals surface area (Å²) in [6.07, 6.45) is 0. The molecule has 0 atom stereocenters. The maximum atomic E-state index is 6.13. The van der Waals surface area contributed by atoms with Gasteiger partial charge in [0.2, 0.25) is 0 Å². The number of para-hydroxylation sites is 1. The number of hydrogen-bond acceptors (Lipinski definition) is 2. The fourth-order valence-electron chi connectivity index (χ4n) is 1.81. The molecule has 0 aliphatic heterocycles. The molecule has 0 spiro atoms. The second-order valence-electron chi connectivity index (χ2n) is 4.14. The molecule has 100 valence electrons. The largest absolute Gasteiger partial charge is 0.487 e. The highest BCUT2D eigenvalue weighted by Gasteiger charge is 2.08. The van der Waals surface area contributed by atoms with Crippen molar-refractivity contribution >= 4 is 27.5 Å². The molecule has 0 aromatic heterocycles. The molecule has 0 bridgehead atoms. The van der Waals surface area contributed by atoms with Gasteiger partial charge in [0, 0.05) is 22.7 Å². The molecule has 0 aliphatic rings. The average molecular weight is 341 g/mol. The lowest BCUT2D eigenvalue weighted by molar-refractivity contribution is 0.300. The van der Waals surface area contributed by atoms with Crippen LogP contribution in [0.3, 0.4) is 0 Å². The summed E-state index contributed by atoms with van der Waals surface area (Å²) in [5.41, 5.74) is 2.10. The number of rotatable bonds is 5. The molecule has 0 unspecified atom stereocenters. The van der Waals surface area contributed by atoms with Crippen LogP contribution < -0.4 is 10.1 Å². The summed E-state index contributed by atoms with van der Waals surface area (Å²) in [5, 5.41) is 3.86. The van der Waals surface area contributed by atoms with Crippen molar-refractivity contribution in [2.24, 2.45) is 0 Å². The van der Waals surface area contributed by atoms with Crippen molar-refractivity contribution in [3.05, 3.63) is 63.1 Å². The molecule has 2 aromatic carbocycles. The van der Waals surface area contributed by atoms with Gasteiger partial charge in [0.25, 0.3) is 0 Å². The molecule has 4 heteroatoms. The normalized spacial score (nSPS) is 10.5. The molecule has 0 amide bonds. The molecule has 2 rings (SSSR count). The van der Waals surface area contributed by atoms with Crippen LogP contribution in [0.2, 0.25) is 5.02 Å². The Kier molecular flexibility index (Phi) is 5.25. The third-order valence-electron chi connectivity index (χ3n) is 2.75. The summed E-state index contributed by atoms with van der Waals surface area (Å²) in [6.45, 7) is 1.22. The van der Waals surface area contributed by atoms with Gasteiger partial charge in [-0.3, -0.25) is 0 Å². The van der Waals surface area contributed by atoms with Crippen molar-refractivity contribution in [1.29, 1.82) is 0 Å². The van der Waals surface area contributed by atoms with E-state index in [1.165, 1.54) is 0 Å². The summed E-state index contributed by atoms with van der Waals surface area (Å²) < 4.78 is 6.87. The Morgan fingerprint density at radius 3 is 2.58 bits per heavy atom. The molecule has 1 N–H and O–H groups in total. The van der Waals surface area contributed by atoms with Gasteiger partial charge in [0.05, 0.1) is 4.47 Å². The molecule has 0 aliphatic carbocycles. The van der Waals surface area contributed by atoms with Crippen LogP contribution in [-0.2, 0) is 13.2 Å². The lowest BCUT2D eigenvalue weighted by atomic mass is 10.2. The van der Waals surface area contributed by atoms with Gasteiger partial charge in [0.1, 0.15) is 12.4 Å². The zero-order valence-corrected chi connectivity index (χ0v) is 13.0. The predicted molar refractivity (Wildman–Crippen MR) is 82.7 cm³/mol. The molecule has 0 fully saturated rings. The molecule has 0 saturated carbocycles. The van der Waals surface area contributed by atoms with Crippen molar-refractivity contribution in [2.75, 3.05) is 7.05 Å². The maximum Gasteiger partial charge on any atom is 0.138 e. The van der Waals surface area contributed by atoms with Gasteiger partial charge < -0.3 is 10.1 Å². The Hall–Kier alpha value is -1.03. The number of halogens is 2. The van der Waals surface area contributed by atoms with E-state index in [0.717, 1.165) is 32.9 Å². The monoisotopic (exact) mass is 339 g/mol. The second-order valence-corrected chi connectivity index (χ2v) is 5.40. The Bertz CT molecular complexity index is 560. The van der Waals surface area contributed by atoms with Crippen LogP contribution in [-0.4, -0.2) is 7.05 Å². The first-order valence-corrected chi connectivity index (χ1v) is 7.17. The summed E-state index contributed by atoms with van der Waals surface area (Å²) in [5.74, 6) is 0.858. The molecule has 0 heterocycles. The number of ether oxygens (including phenoxy) is 1. The fourth-order valence-corrected chi connectivity index (χ4v) is 2.52. The van der Waals surface area contributed by atoms with Crippen LogP contribution in [0, 0.1) is 0 Å². The van der Waals surface area contributed by atoms with Gasteiger partial charge in [-0.1, -0.05) is 41.9 Å². The Balaban J connectivity index is 2.17. The number of benzene rings is 2. The molecule has 0 radical (unpaired) electrons. The van der Waals surface area contributed by atoms with E-state index in [0.29, 0.717) is 6.61 Å². The van der Waals surface area contributed by atoms with Gasteiger partial charge in [-0.05, 0) is 35.1 Å². The van der Waals surface area contributed by atoms with Crippen molar-refractivity contribution in [3.8, 4) is 5.75 Å². The smallest absolute Gasteiger partial charge is 0.138 e. The minimum absolute atomic E-state index is 0.457. The van der Waals surface area contributed by atoms with Crippen molar-refractivity contribution in [3.63, 3.8) is 0 Å². The van der Waals surface area contributed by atoms with Crippen molar-refractivity contribution in [2.45, 2.75) is 13.2 Å². The van der Waals surface area contributed by atoms with E-state index in [1.807, 2.05) is 49.5 Å². The minimum atomic E-state index is 0.457. The lowest BCUT2D eigenvalue weighted by Gasteiger charge is -2.13. The van der Waals surface area contributed by atoms with E-state index < -0.39 is 0 Å². The van der Waals surface area contributed by atoms with E-state index in [1.54, 1.807) is 0 Å². The predicted octanol–water partition coefficient (Wildman–Crippen LogP) is 4.40. The van der Waals surface area contributed by atoms with Gasteiger partial charge in [-0.25, -0.2) is 0 Å². The molecular formula is C15H15BrClNO. The van der Waals surface area contributed by atoms with E-state index >= 15 is 0 Å². The Labute approximate surface area is 126 Å². The summed E-state index contributed by atoms with van der Waals surface area (Å²) in [7, 11) is 1.92. The highest BCUT2D eigenvalue weighted by atomic mass is 79.9. The van der Waals surface area contributed by atoms with E-state index in [2.05, 4.69) is 21.2 Å². The van der Waals surface area contributed by atoms with E-state index in [4.69, 9.17) is 16.3 Å². The SMILES string of the molecule is CNCc1cccc(Br)c1OCc1ccccc1Cl. The highest BCUT2D eigenvalue weighted by Crippen LogP contribution is 2.30. The van der Waals surface area contributed by atoms with Crippen molar-refractivity contribution < 1.29 is 4.74 Å². The van der Waals surface area contributed by atoms with Crippen molar-refractivity contribution in [1.82, 2.24) is 5.32 Å². The zero-order chi connectivity index (χ0) is 13.7. The van der Waals surface area contributed by atoms with Gasteiger partial charge in [0.15, 0.2) is 0 Å². The summed E-state index contributed by atoms with van der Waals surface area (Å²) in [4.78, 5) is 0. The minimum Gasteiger partial charge on any atom is -0.487 e. The summed E-state index contributed by atoms with van der Waals surface area (Å²) in [6, 6.07) is 13.7. The van der Waals surface area contributed by atoms with Crippen LogP contribution >= 0.6 is 27.5 Å². The summed E-state index contributed by atoms with van der Waals surface area (Å²) >= 11 is 9.65. The standard InChI is InChI=1S/C15H15BrClNO/c1-18-9-11-6-4-7-13(16)15(11)19-10-12-5-2-3-8-14(12)17/h2-8,18H,9-10H2,1H3. The van der Waals surface area contributed by atoms with Crippen LogP contribution in [0.25, 0.3) is 0 Å². The van der Waals surface area contributed by atoms with Crippen LogP contribution in [0.15, 0.2) is 46.9 Å².